The number of aliphatic hydroxyl groups excluding tert-OH is 1. The molecule has 0 aliphatic rings. The molecule has 106 valence electrons. The van der Waals surface area contributed by atoms with Crippen LogP contribution in [0.2, 0.25) is 0 Å². The standard InChI is InChI=1S/C15H10F2N2O2/c16-9-3-1-8(2-4-9)13(20)14-18-12-7-10(17)5-6-11(12)15(21)19-14/h1-7,13,20H,(H,18,19,21). The molecule has 21 heavy (non-hydrogen) atoms. The van der Waals surface area contributed by atoms with Crippen LogP contribution in [0.3, 0.4) is 0 Å². The molecule has 0 aliphatic heterocycles. The molecule has 0 saturated heterocycles. The minimum Gasteiger partial charge on any atom is -0.493 e. The summed E-state index contributed by atoms with van der Waals surface area (Å²) < 4.78 is 26.1. The quantitative estimate of drug-likeness (QED) is 0.761. The van der Waals surface area contributed by atoms with E-state index in [0.717, 1.165) is 6.07 Å². The van der Waals surface area contributed by atoms with E-state index in [2.05, 4.69) is 9.97 Å². The summed E-state index contributed by atoms with van der Waals surface area (Å²) in [5.41, 5.74) is 0.546. The van der Waals surface area contributed by atoms with Crippen LogP contribution < -0.4 is 0 Å². The number of hydrogen-bond acceptors (Lipinski definition) is 4. The van der Waals surface area contributed by atoms with Crippen LogP contribution in [0.5, 0.6) is 5.88 Å². The van der Waals surface area contributed by atoms with Gasteiger partial charge in [0.15, 0.2) is 5.82 Å². The lowest BCUT2D eigenvalue weighted by molar-refractivity contribution is 0.209. The molecular formula is C15H10F2N2O2. The van der Waals surface area contributed by atoms with Crippen molar-refractivity contribution in [2.24, 2.45) is 0 Å². The van der Waals surface area contributed by atoms with Crippen molar-refractivity contribution < 1.29 is 19.0 Å². The predicted molar refractivity (Wildman–Crippen MR) is 71.6 cm³/mol. The largest absolute Gasteiger partial charge is 0.493 e. The van der Waals surface area contributed by atoms with E-state index < -0.39 is 17.7 Å². The van der Waals surface area contributed by atoms with Gasteiger partial charge in [-0.2, -0.15) is 4.98 Å². The van der Waals surface area contributed by atoms with E-state index in [-0.39, 0.29) is 22.6 Å². The number of aromatic hydroxyl groups is 1. The Hall–Kier alpha value is -2.60. The molecule has 0 bridgehead atoms. The Kier molecular flexibility index (Phi) is 3.23. The van der Waals surface area contributed by atoms with Crippen LogP contribution in [0.4, 0.5) is 8.78 Å². The highest BCUT2D eigenvalue weighted by atomic mass is 19.1. The average Bonchev–Trinajstić information content (AvgIpc) is 2.46. The number of nitrogens with zero attached hydrogens (tertiary/aromatic N) is 2. The van der Waals surface area contributed by atoms with Gasteiger partial charge in [0.05, 0.1) is 10.9 Å². The Morgan fingerprint density at radius 3 is 2.29 bits per heavy atom. The second kappa shape index (κ2) is 5.06. The Morgan fingerprint density at radius 1 is 0.905 bits per heavy atom. The van der Waals surface area contributed by atoms with E-state index in [1.165, 1.54) is 36.4 Å². The lowest BCUT2D eigenvalue weighted by Gasteiger charge is -2.11. The second-order valence-corrected chi connectivity index (χ2v) is 4.52. The normalized spacial score (nSPS) is 12.5. The maximum Gasteiger partial charge on any atom is 0.222 e. The predicted octanol–water partition coefficient (Wildman–Crippen LogP) is 2.70. The number of aromatic nitrogens is 2. The van der Waals surface area contributed by atoms with Crippen molar-refractivity contribution in [3.05, 3.63) is 65.5 Å². The van der Waals surface area contributed by atoms with Crippen molar-refractivity contribution in [1.82, 2.24) is 9.97 Å². The minimum atomic E-state index is -1.25. The van der Waals surface area contributed by atoms with E-state index >= 15 is 0 Å². The van der Waals surface area contributed by atoms with Crippen molar-refractivity contribution in [3.8, 4) is 5.88 Å². The highest BCUT2D eigenvalue weighted by Crippen LogP contribution is 2.26. The molecule has 2 aromatic carbocycles. The molecule has 1 heterocycles. The molecule has 1 aromatic heterocycles. The van der Waals surface area contributed by atoms with Gasteiger partial charge in [-0.15, -0.1) is 0 Å². The van der Waals surface area contributed by atoms with Crippen molar-refractivity contribution in [1.29, 1.82) is 0 Å². The van der Waals surface area contributed by atoms with Gasteiger partial charge in [-0.05, 0) is 29.8 Å². The van der Waals surface area contributed by atoms with E-state index in [0.29, 0.717) is 5.56 Å². The summed E-state index contributed by atoms with van der Waals surface area (Å²) in [5, 5.41) is 20.3. The summed E-state index contributed by atoms with van der Waals surface area (Å²) in [5.74, 6) is -1.38. The molecule has 0 saturated carbocycles. The van der Waals surface area contributed by atoms with Gasteiger partial charge in [0, 0.05) is 6.07 Å². The molecule has 0 radical (unpaired) electrons. The van der Waals surface area contributed by atoms with Gasteiger partial charge < -0.3 is 10.2 Å². The summed E-state index contributed by atoms with van der Waals surface area (Å²) in [7, 11) is 0. The van der Waals surface area contributed by atoms with Gasteiger partial charge >= 0.3 is 0 Å². The van der Waals surface area contributed by atoms with Crippen LogP contribution in [-0.2, 0) is 0 Å². The van der Waals surface area contributed by atoms with E-state index in [9.17, 15) is 19.0 Å². The van der Waals surface area contributed by atoms with Gasteiger partial charge in [-0.25, -0.2) is 13.8 Å². The van der Waals surface area contributed by atoms with E-state index in [4.69, 9.17) is 0 Å². The topological polar surface area (TPSA) is 66.2 Å². The van der Waals surface area contributed by atoms with Crippen molar-refractivity contribution >= 4 is 10.9 Å². The first kappa shape index (κ1) is 13.4. The van der Waals surface area contributed by atoms with Gasteiger partial charge in [-0.1, -0.05) is 12.1 Å². The van der Waals surface area contributed by atoms with Gasteiger partial charge in [-0.3, -0.25) is 0 Å². The summed E-state index contributed by atoms with van der Waals surface area (Å²) in [4.78, 5) is 7.85. The first-order valence-electron chi connectivity index (χ1n) is 6.14. The van der Waals surface area contributed by atoms with Crippen molar-refractivity contribution in [2.45, 2.75) is 6.10 Å². The molecule has 0 fully saturated rings. The molecule has 1 unspecified atom stereocenters. The van der Waals surface area contributed by atoms with E-state index in [1.807, 2.05) is 0 Å². The van der Waals surface area contributed by atoms with Crippen LogP contribution in [-0.4, -0.2) is 20.2 Å². The molecule has 0 spiro atoms. The van der Waals surface area contributed by atoms with E-state index in [1.54, 1.807) is 0 Å². The van der Waals surface area contributed by atoms with Gasteiger partial charge in [0.1, 0.15) is 17.7 Å². The van der Waals surface area contributed by atoms with Gasteiger partial charge in [0.2, 0.25) is 5.88 Å². The van der Waals surface area contributed by atoms with Crippen LogP contribution in [0, 0.1) is 11.6 Å². The zero-order valence-corrected chi connectivity index (χ0v) is 10.7. The Bertz CT molecular complexity index is 807. The highest BCUT2D eigenvalue weighted by molar-refractivity contribution is 5.83. The third kappa shape index (κ3) is 2.53. The SMILES string of the molecule is Oc1nc(C(O)c2ccc(F)cc2)nc2cc(F)ccc12. The summed E-state index contributed by atoms with van der Waals surface area (Å²) in [6, 6.07) is 8.83. The second-order valence-electron chi connectivity index (χ2n) is 4.52. The minimum absolute atomic E-state index is 0.0859. The Morgan fingerprint density at radius 2 is 1.57 bits per heavy atom. The van der Waals surface area contributed by atoms with Crippen molar-refractivity contribution in [3.63, 3.8) is 0 Å². The molecule has 0 amide bonds. The number of benzene rings is 2. The zero-order valence-electron chi connectivity index (χ0n) is 10.7. The van der Waals surface area contributed by atoms with Gasteiger partial charge in [0.25, 0.3) is 0 Å². The maximum atomic E-state index is 13.2. The fourth-order valence-electron chi connectivity index (χ4n) is 2.02. The first-order chi connectivity index (χ1) is 10.0. The van der Waals surface area contributed by atoms with Crippen molar-refractivity contribution in [2.75, 3.05) is 0 Å². The third-order valence-electron chi connectivity index (χ3n) is 3.09. The fourth-order valence-corrected chi connectivity index (χ4v) is 2.02. The smallest absolute Gasteiger partial charge is 0.222 e. The number of hydrogen-bond donors (Lipinski definition) is 2. The summed E-state index contributed by atoms with van der Waals surface area (Å²) in [6.45, 7) is 0. The number of aliphatic hydroxyl groups is 1. The molecule has 3 aromatic rings. The van der Waals surface area contributed by atoms with Crippen LogP contribution in [0.25, 0.3) is 10.9 Å². The Labute approximate surface area is 118 Å². The lowest BCUT2D eigenvalue weighted by Crippen LogP contribution is -2.06. The number of rotatable bonds is 2. The first-order valence-corrected chi connectivity index (χ1v) is 6.14. The molecule has 1 atom stereocenters. The average molecular weight is 288 g/mol. The van der Waals surface area contributed by atoms with Crippen LogP contribution in [0.15, 0.2) is 42.5 Å². The van der Waals surface area contributed by atoms with Crippen LogP contribution >= 0.6 is 0 Å². The maximum absolute atomic E-state index is 13.2. The summed E-state index contributed by atoms with van der Waals surface area (Å²) >= 11 is 0. The van der Waals surface area contributed by atoms with Crippen LogP contribution in [0.1, 0.15) is 17.5 Å². The molecule has 4 nitrogen and oxygen atoms in total. The lowest BCUT2D eigenvalue weighted by atomic mass is 10.1. The Balaban J connectivity index is 2.09. The third-order valence-corrected chi connectivity index (χ3v) is 3.09. The molecular weight excluding hydrogens is 278 g/mol. The molecule has 0 aliphatic carbocycles. The molecule has 3 rings (SSSR count). The fraction of sp³-hybridized carbons (Fsp3) is 0.0667. The molecule has 2 N–H and O–H groups in total. The monoisotopic (exact) mass is 288 g/mol. The summed E-state index contributed by atoms with van der Waals surface area (Å²) in [6.07, 6.45) is -1.25. The zero-order chi connectivity index (χ0) is 15.0. The molecule has 6 heteroatoms. The number of halogens is 2. The highest BCUT2D eigenvalue weighted by Gasteiger charge is 2.17. The number of fused-ring (bicyclic) bond motifs is 1.